The third kappa shape index (κ3) is 3.25. The highest BCUT2D eigenvalue weighted by Crippen LogP contribution is 2.31. The van der Waals surface area contributed by atoms with Crippen LogP contribution in [0.2, 0.25) is 0 Å². The summed E-state index contributed by atoms with van der Waals surface area (Å²) in [4.78, 5) is 27.3. The van der Waals surface area contributed by atoms with E-state index in [0.29, 0.717) is 30.2 Å². The number of aryl methyl sites for hydroxylation is 1. The minimum absolute atomic E-state index is 0.216. The highest BCUT2D eigenvalue weighted by atomic mass is 32.1. The zero-order valence-electron chi connectivity index (χ0n) is 13.5. The van der Waals surface area contributed by atoms with E-state index in [-0.39, 0.29) is 11.8 Å². The van der Waals surface area contributed by atoms with Crippen LogP contribution in [0.1, 0.15) is 5.56 Å². The predicted octanol–water partition coefficient (Wildman–Crippen LogP) is 3.31. The minimum atomic E-state index is -0.704. The van der Waals surface area contributed by atoms with Gasteiger partial charge >= 0.3 is 12.1 Å². The van der Waals surface area contributed by atoms with Gasteiger partial charge < -0.3 is 5.73 Å². The lowest BCUT2D eigenvalue weighted by Crippen LogP contribution is -2.32. The molecule has 0 saturated carbocycles. The summed E-state index contributed by atoms with van der Waals surface area (Å²) < 4.78 is 14.1. The van der Waals surface area contributed by atoms with Gasteiger partial charge in [0.25, 0.3) is 0 Å². The Morgan fingerprint density at radius 3 is 2.28 bits per heavy atom. The summed E-state index contributed by atoms with van der Waals surface area (Å²) in [5.41, 5.74) is 7.86. The first-order valence-corrected chi connectivity index (χ1v) is 8.02. The van der Waals surface area contributed by atoms with Gasteiger partial charge in [-0.1, -0.05) is 18.9 Å². The van der Waals surface area contributed by atoms with E-state index in [1.807, 2.05) is 6.92 Å². The molecule has 130 valence electrons. The number of hydrogen-bond donors (Lipinski definition) is 2. The topological polar surface area (TPSA) is 69.9 Å². The maximum atomic E-state index is 13.1. The number of carbonyl (C=O) groups is 2. The average molecular weight is 360 g/mol. The second kappa shape index (κ2) is 6.64. The van der Waals surface area contributed by atoms with Gasteiger partial charge in [-0.2, -0.15) is 0 Å². The van der Waals surface area contributed by atoms with Crippen LogP contribution in [0.15, 0.2) is 42.5 Å². The molecule has 1 aliphatic rings. The zero-order chi connectivity index (χ0) is 18.1. The number of carbonyl (C=O) groups excluding carboxylic acids is 2. The van der Waals surface area contributed by atoms with Gasteiger partial charge in [-0.25, -0.2) is 18.3 Å². The highest BCUT2D eigenvalue weighted by Gasteiger charge is 2.31. The standard InChI is InChI=1S/C17H17FN4O2S/c1-11-2-5-14(10-15(11)22(25)16(19)23)21-9-8-20(17(21)24)13-6-3-12(18)4-7-13/h2-7,10,25H,8-9H2,1H3,(H2,19,23). The van der Waals surface area contributed by atoms with Crippen LogP contribution in [0.5, 0.6) is 0 Å². The van der Waals surface area contributed by atoms with Crippen molar-refractivity contribution in [3.05, 3.63) is 53.8 Å². The number of nitrogens with two attached hydrogens (primary N) is 1. The van der Waals surface area contributed by atoms with Crippen LogP contribution < -0.4 is 19.8 Å². The number of amides is 4. The van der Waals surface area contributed by atoms with E-state index in [2.05, 4.69) is 12.8 Å². The van der Waals surface area contributed by atoms with E-state index in [1.165, 1.54) is 12.1 Å². The molecule has 0 aromatic heterocycles. The number of nitrogens with zero attached hydrogens (tertiary/aromatic N) is 3. The van der Waals surface area contributed by atoms with Crippen molar-refractivity contribution < 1.29 is 14.0 Å². The molecular weight excluding hydrogens is 343 g/mol. The third-order valence-electron chi connectivity index (χ3n) is 4.09. The monoisotopic (exact) mass is 360 g/mol. The molecule has 0 unspecified atom stereocenters. The van der Waals surface area contributed by atoms with E-state index in [0.717, 1.165) is 9.87 Å². The van der Waals surface area contributed by atoms with Crippen molar-refractivity contribution in [2.24, 2.45) is 5.73 Å². The molecular formula is C17H17FN4O2S. The summed E-state index contributed by atoms with van der Waals surface area (Å²) in [6, 6.07) is 10.1. The number of thiol groups is 1. The fraction of sp³-hybridized carbons (Fsp3) is 0.176. The first-order valence-electron chi connectivity index (χ1n) is 7.62. The molecule has 2 N–H and O–H groups in total. The highest BCUT2D eigenvalue weighted by molar-refractivity contribution is 7.82. The average Bonchev–Trinajstić information content (AvgIpc) is 2.97. The lowest BCUT2D eigenvalue weighted by Gasteiger charge is -2.22. The van der Waals surface area contributed by atoms with Crippen LogP contribution in [0.4, 0.5) is 31.0 Å². The summed E-state index contributed by atoms with van der Waals surface area (Å²) in [5.74, 6) is -0.351. The first-order chi connectivity index (χ1) is 11.9. The Kier molecular flexibility index (Phi) is 4.54. The van der Waals surface area contributed by atoms with Crippen molar-refractivity contribution in [3.63, 3.8) is 0 Å². The van der Waals surface area contributed by atoms with Crippen molar-refractivity contribution >= 4 is 41.9 Å². The van der Waals surface area contributed by atoms with Gasteiger partial charge in [0.05, 0.1) is 5.69 Å². The molecule has 2 aromatic rings. The quantitative estimate of drug-likeness (QED) is 0.825. The number of urea groups is 2. The van der Waals surface area contributed by atoms with Gasteiger partial charge in [0.2, 0.25) is 0 Å². The minimum Gasteiger partial charge on any atom is -0.350 e. The fourth-order valence-corrected chi connectivity index (χ4v) is 2.97. The van der Waals surface area contributed by atoms with Gasteiger partial charge in [0.15, 0.2) is 0 Å². The van der Waals surface area contributed by atoms with Crippen LogP contribution in [-0.4, -0.2) is 25.2 Å². The molecule has 2 aromatic carbocycles. The maximum absolute atomic E-state index is 13.1. The van der Waals surface area contributed by atoms with Gasteiger partial charge in [-0.3, -0.25) is 9.80 Å². The number of halogens is 1. The first kappa shape index (κ1) is 17.1. The lowest BCUT2D eigenvalue weighted by molar-refractivity contribution is 0.255. The largest absolute Gasteiger partial charge is 0.350 e. The summed E-state index contributed by atoms with van der Waals surface area (Å²) >= 11 is 4.09. The van der Waals surface area contributed by atoms with Crippen LogP contribution >= 0.6 is 12.8 Å². The summed E-state index contributed by atoms with van der Waals surface area (Å²) in [6.45, 7) is 2.78. The molecule has 0 bridgehead atoms. The number of primary amides is 1. The van der Waals surface area contributed by atoms with Crippen LogP contribution in [0.3, 0.4) is 0 Å². The molecule has 1 saturated heterocycles. The predicted molar refractivity (Wildman–Crippen MR) is 98.7 cm³/mol. The fourth-order valence-electron chi connectivity index (χ4n) is 2.75. The van der Waals surface area contributed by atoms with E-state index < -0.39 is 6.03 Å². The summed E-state index contributed by atoms with van der Waals surface area (Å²) in [6.07, 6.45) is 0. The second-order valence-electron chi connectivity index (χ2n) is 5.68. The Balaban J connectivity index is 1.88. The smallest absolute Gasteiger partial charge is 0.329 e. The maximum Gasteiger partial charge on any atom is 0.329 e. The summed E-state index contributed by atoms with van der Waals surface area (Å²) in [5, 5.41) is 0. The molecule has 0 aliphatic carbocycles. The van der Waals surface area contributed by atoms with Crippen molar-refractivity contribution in [1.29, 1.82) is 0 Å². The lowest BCUT2D eigenvalue weighted by atomic mass is 10.1. The van der Waals surface area contributed by atoms with Gasteiger partial charge in [-0.15, -0.1) is 0 Å². The number of anilines is 3. The number of rotatable bonds is 3. The van der Waals surface area contributed by atoms with Crippen molar-refractivity contribution in [2.45, 2.75) is 6.92 Å². The molecule has 1 fully saturated rings. The molecule has 3 rings (SSSR count). The molecule has 1 aliphatic heterocycles. The molecule has 8 heteroatoms. The number of benzene rings is 2. The molecule has 0 atom stereocenters. The van der Waals surface area contributed by atoms with Gasteiger partial charge in [0, 0.05) is 24.5 Å². The van der Waals surface area contributed by atoms with Crippen LogP contribution in [0, 0.1) is 12.7 Å². The zero-order valence-corrected chi connectivity index (χ0v) is 14.4. The molecule has 0 spiro atoms. The van der Waals surface area contributed by atoms with E-state index >= 15 is 0 Å². The van der Waals surface area contributed by atoms with Gasteiger partial charge in [0.1, 0.15) is 5.82 Å². The Morgan fingerprint density at radius 2 is 1.68 bits per heavy atom. The van der Waals surface area contributed by atoms with E-state index in [9.17, 15) is 14.0 Å². The second-order valence-corrected chi connectivity index (χ2v) is 6.08. The van der Waals surface area contributed by atoms with Crippen molar-refractivity contribution in [2.75, 3.05) is 27.2 Å². The van der Waals surface area contributed by atoms with Crippen molar-refractivity contribution in [3.8, 4) is 0 Å². The SMILES string of the molecule is Cc1ccc(N2CCN(c3ccc(F)cc3)C2=O)cc1N(S)C(N)=O. The Hall–Kier alpha value is -2.74. The normalized spacial score (nSPS) is 14.1. The molecule has 1 heterocycles. The Bertz CT molecular complexity index is 828. The van der Waals surface area contributed by atoms with Crippen LogP contribution in [-0.2, 0) is 0 Å². The van der Waals surface area contributed by atoms with E-state index in [4.69, 9.17) is 5.73 Å². The summed E-state index contributed by atoms with van der Waals surface area (Å²) in [7, 11) is 0. The molecule has 0 radical (unpaired) electrons. The van der Waals surface area contributed by atoms with Gasteiger partial charge in [-0.05, 0) is 48.9 Å². The van der Waals surface area contributed by atoms with Crippen molar-refractivity contribution in [1.82, 2.24) is 0 Å². The Labute approximate surface area is 150 Å². The molecule has 4 amide bonds. The molecule has 25 heavy (non-hydrogen) atoms. The van der Waals surface area contributed by atoms with E-state index in [1.54, 1.807) is 40.1 Å². The van der Waals surface area contributed by atoms with Crippen LogP contribution in [0.25, 0.3) is 0 Å². The number of hydrogen-bond acceptors (Lipinski definition) is 3. The molecule has 6 nitrogen and oxygen atoms in total. The third-order valence-corrected chi connectivity index (χ3v) is 4.50. The Morgan fingerprint density at radius 1 is 1.12 bits per heavy atom.